The van der Waals surface area contributed by atoms with Gasteiger partial charge in [-0.25, -0.2) is 4.98 Å². The Morgan fingerprint density at radius 3 is 2.33 bits per heavy atom. The molecule has 0 unspecified atom stereocenters. The van der Waals surface area contributed by atoms with Gasteiger partial charge in [-0.2, -0.15) is 28.0 Å². The monoisotopic (exact) mass is 426 g/mol. The number of alkyl halides is 3. The van der Waals surface area contributed by atoms with Crippen LogP contribution in [0.15, 0.2) is 18.2 Å². The van der Waals surface area contributed by atoms with E-state index in [1.165, 1.54) is 22.8 Å². The van der Waals surface area contributed by atoms with Gasteiger partial charge in [-0.1, -0.05) is 33.8 Å². The fourth-order valence-electron chi connectivity index (χ4n) is 2.92. The molecule has 162 valence electrons. The van der Waals surface area contributed by atoms with E-state index in [9.17, 15) is 18.4 Å². The van der Waals surface area contributed by atoms with Gasteiger partial charge in [0.05, 0.1) is 27.9 Å². The zero-order valence-corrected chi connectivity index (χ0v) is 17.1. The van der Waals surface area contributed by atoms with Crippen LogP contribution in [0, 0.1) is 16.7 Å². The van der Waals surface area contributed by atoms with Crippen molar-refractivity contribution in [3.05, 3.63) is 41.0 Å². The standard InChI is InChI=1S/C20H24F3N3O.CO2/c1-6-14-16(12-24)26(18(7-2)25-14)15-9-8-13(10-17(15)27-5)11-19(3,4)20(21,22)23;2-1-3/h8-10H,6-7,11H2,1-5H3;/i5D3;. The Kier molecular flexibility index (Phi) is 6.78. The van der Waals surface area contributed by atoms with Crippen molar-refractivity contribution < 1.29 is 31.6 Å². The van der Waals surface area contributed by atoms with Crippen molar-refractivity contribution in [2.24, 2.45) is 5.41 Å². The molecular weight excluding hydrogens is 399 g/mol. The molecule has 0 aliphatic rings. The molecule has 0 atom stereocenters. The maximum Gasteiger partial charge on any atom is 0.394 e. The van der Waals surface area contributed by atoms with E-state index in [2.05, 4.69) is 11.1 Å². The van der Waals surface area contributed by atoms with Crippen LogP contribution >= 0.6 is 0 Å². The number of aromatic nitrogens is 2. The highest BCUT2D eigenvalue weighted by Crippen LogP contribution is 2.41. The summed E-state index contributed by atoms with van der Waals surface area (Å²) in [5.74, 6) is 0.402. The summed E-state index contributed by atoms with van der Waals surface area (Å²) in [6.45, 7) is 5.84. The molecule has 9 heteroatoms. The third-order valence-electron chi connectivity index (χ3n) is 4.56. The Balaban J connectivity index is 0.00000172. The minimum absolute atomic E-state index is 0.128. The van der Waals surface area contributed by atoms with Crippen LogP contribution in [0.2, 0.25) is 0 Å². The molecule has 6 nitrogen and oxygen atoms in total. The van der Waals surface area contributed by atoms with Crippen LogP contribution in [0.5, 0.6) is 5.75 Å². The molecule has 1 aromatic carbocycles. The van der Waals surface area contributed by atoms with E-state index in [-0.39, 0.29) is 35.3 Å². The number of methoxy groups -OCH3 is 1. The number of hydrogen-bond donors (Lipinski definition) is 0. The fourth-order valence-corrected chi connectivity index (χ4v) is 2.92. The van der Waals surface area contributed by atoms with Crippen molar-refractivity contribution in [2.45, 2.75) is 53.1 Å². The highest BCUT2D eigenvalue weighted by Gasteiger charge is 2.47. The van der Waals surface area contributed by atoms with E-state index >= 15 is 0 Å². The van der Waals surface area contributed by atoms with Crippen LogP contribution in [0.3, 0.4) is 0 Å². The Bertz CT molecular complexity index is 1050. The van der Waals surface area contributed by atoms with Crippen LogP contribution in [0.25, 0.3) is 5.69 Å². The molecule has 0 fully saturated rings. The number of imidazole rings is 1. The first-order chi connectivity index (χ1) is 15.2. The SMILES string of the molecule is O=C=O.[2H]C([2H])([2H])Oc1cc(CC(C)(C)C(F)(F)F)ccc1-n1c(CC)nc(CC)c1C#N. The van der Waals surface area contributed by atoms with Gasteiger partial charge in [0.15, 0.2) is 0 Å². The van der Waals surface area contributed by atoms with Gasteiger partial charge in [0.25, 0.3) is 0 Å². The van der Waals surface area contributed by atoms with Crippen molar-refractivity contribution in [3.8, 4) is 17.5 Å². The maximum atomic E-state index is 13.3. The van der Waals surface area contributed by atoms with Crippen LogP contribution < -0.4 is 4.74 Å². The average Bonchev–Trinajstić information content (AvgIpc) is 3.04. The van der Waals surface area contributed by atoms with Gasteiger partial charge < -0.3 is 4.74 Å². The van der Waals surface area contributed by atoms with Gasteiger partial charge in [-0.05, 0) is 30.5 Å². The second kappa shape index (κ2) is 10.1. The van der Waals surface area contributed by atoms with E-state index in [4.69, 9.17) is 18.4 Å². The maximum absolute atomic E-state index is 13.3. The number of hydrogen-bond acceptors (Lipinski definition) is 5. The summed E-state index contributed by atoms with van der Waals surface area (Å²) in [6, 6.07) is 6.34. The summed E-state index contributed by atoms with van der Waals surface area (Å²) in [4.78, 5) is 20.7. The molecule has 0 amide bonds. The molecule has 1 heterocycles. The van der Waals surface area contributed by atoms with Crippen LogP contribution in [0.4, 0.5) is 13.2 Å². The average molecular weight is 426 g/mol. The van der Waals surface area contributed by atoms with E-state index in [1.807, 2.05) is 13.8 Å². The molecule has 2 rings (SSSR count). The molecule has 30 heavy (non-hydrogen) atoms. The highest BCUT2D eigenvalue weighted by atomic mass is 19.4. The lowest BCUT2D eigenvalue weighted by atomic mass is 9.85. The van der Waals surface area contributed by atoms with Gasteiger partial charge in [-0.3, -0.25) is 4.57 Å². The van der Waals surface area contributed by atoms with Crippen molar-refractivity contribution in [3.63, 3.8) is 0 Å². The van der Waals surface area contributed by atoms with Crippen LogP contribution in [0.1, 0.15) is 54.6 Å². The van der Waals surface area contributed by atoms with E-state index < -0.39 is 18.6 Å². The topological polar surface area (TPSA) is 85.0 Å². The second-order valence-electron chi connectivity index (χ2n) is 7.02. The van der Waals surface area contributed by atoms with Gasteiger partial charge in [0.1, 0.15) is 23.3 Å². The fraction of sp³-hybridized carbons (Fsp3) is 0.476. The molecule has 0 N–H and O–H groups in total. The number of nitriles is 1. The van der Waals surface area contributed by atoms with Gasteiger partial charge in [0, 0.05) is 6.42 Å². The molecule has 1 aromatic heterocycles. The number of aryl methyl sites for hydroxylation is 2. The summed E-state index contributed by atoms with van der Waals surface area (Å²) in [7, 11) is -2.82. The third kappa shape index (κ3) is 5.28. The molecule has 0 spiro atoms. The molecule has 2 aromatic rings. The summed E-state index contributed by atoms with van der Waals surface area (Å²) in [6.07, 6.45) is -3.58. The second-order valence-corrected chi connectivity index (χ2v) is 7.02. The zero-order valence-electron chi connectivity index (χ0n) is 20.1. The quantitative estimate of drug-likeness (QED) is 0.682. The number of nitrogens with zero attached hydrogens (tertiary/aromatic N) is 3. The van der Waals surface area contributed by atoms with Gasteiger partial charge >= 0.3 is 12.3 Å². The van der Waals surface area contributed by atoms with Crippen molar-refractivity contribution >= 4 is 6.15 Å². The predicted molar refractivity (Wildman–Crippen MR) is 102 cm³/mol. The molecule has 0 aliphatic carbocycles. The van der Waals surface area contributed by atoms with Crippen molar-refractivity contribution in [1.82, 2.24) is 9.55 Å². The number of rotatable bonds is 6. The Morgan fingerprint density at radius 2 is 1.87 bits per heavy atom. The minimum Gasteiger partial charge on any atom is -0.495 e. The predicted octanol–water partition coefficient (Wildman–Crippen LogP) is 4.42. The third-order valence-corrected chi connectivity index (χ3v) is 4.56. The van der Waals surface area contributed by atoms with Crippen molar-refractivity contribution in [1.29, 1.82) is 5.26 Å². The number of halogens is 3. The summed E-state index contributed by atoms with van der Waals surface area (Å²) in [5.41, 5.74) is -0.694. The first-order valence-corrected chi connectivity index (χ1v) is 9.04. The first kappa shape index (κ1) is 20.2. The molecule has 0 bridgehead atoms. The van der Waals surface area contributed by atoms with E-state index in [1.54, 1.807) is 0 Å². The Labute approximate surface area is 177 Å². The molecular formula is C21H24F3N3O3. The summed E-state index contributed by atoms with van der Waals surface area (Å²) < 4.78 is 68.9. The molecule has 0 radical (unpaired) electrons. The number of benzene rings is 1. The number of carbonyl (C=O) groups excluding carboxylic acids is 2. The van der Waals surface area contributed by atoms with Gasteiger partial charge in [-0.15, -0.1) is 0 Å². The summed E-state index contributed by atoms with van der Waals surface area (Å²) >= 11 is 0. The van der Waals surface area contributed by atoms with Crippen molar-refractivity contribution in [2.75, 3.05) is 7.04 Å². The lowest BCUT2D eigenvalue weighted by Gasteiger charge is -2.28. The Morgan fingerprint density at radius 1 is 1.23 bits per heavy atom. The molecule has 0 saturated carbocycles. The van der Waals surface area contributed by atoms with Gasteiger partial charge in [0.2, 0.25) is 0 Å². The van der Waals surface area contributed by atoms with E-state index in [0.717, 1.165) is 13.8 Å². The number of ether oxygens (including phenoxy) is 1. The minimum atomic E-state index is -4.43. The zero-order chi connectivity index (χ0) is 25.6. The molecule has 0 saturated heterocycles. The molecule has 0 aliphatic heterocycles. The first-order valence-electron chi connectivity index (χ1n) is 10.5. The largest absolute Gasteiger partial charge is 0.495 e. The van der Waals surface area contributed by atoms with E-state index in [0.29, 0.717) is 24.4 Å². The summed E-state index contributed by atoms with van der Waals surface area (Å²) in [5, 5.41) is 9.63. The van der Waals surface area contributed by atoms with Crippen LogP contribution in [-0.4, -0.2) is 28.9 Å². The Hall–Kier alpha value is -3.11. The lowest BCUT2D eigenvalue weighted by Crippen LogP contribution is -2.34. The lowest BCUT2D eigenvalue weighted by molar-refractivity contribution is -0.211. The highest BCUT2D eigenvalue weighted by molar-refractivity contribution is 5.53. The van der Waals surface area contributed by atoms with Crippen LogP contribution in [-0.2, 0) is 28.9 Å². The normalized spacial score (nSPS) is 13.1. The smallest absolute Gasteiger partial charge is 0.394 e.